The van der Waals surface area contributed by atoms with Gasteiger partial charge in [-0.2, -0.15) is 0 Å². The van der Waals surface area contributed by atoms with E-state index in [4.69, 9.17) is 4.74 Å². The molecule has 2 aromatic carbocycles. The first-order valence-corrected chi connectivity index (χ1v) is 12.0. The average Bonchev–Trinajstić information content (AvgIpc) is 2.71. The highest BCUT2D eigenvalue weighted by Gasteiger charge is 2.31. The van der Waals surface area contributed by atoms with Gasteiger partial charge < -0.3 is 10.1 Å². The molecule has 1 saturated heterocycles. The van der Waals surface area contributed by atoms with E-state index in [0.717, 1.165) is 15.8 Å². The Morgan fingerprint density at radius 1 is 1.10 bits per heavy atom. The van der Waals surface area contributed by atoms with E-state index in [1.54, 1.807) is 24.3 Å². The van der Waals surface area contributed by atoms with Crippen molar-refractivity contribution in [2.75, 3.05) is 25.0 Å². The Morgan fingerprint density at radius 3 is 2.31 bits per heavy atom. The van der Waals surface area contributed by atoms with Crippen molar-refractivity contribution in [2.45, 2.75) is 25.5 Å². The summed E-state index contributed by atoms with van der Waals surface area (Å²) in [7, 11) is -3.40. The molecule has 1 aliphatic heterocycles. The summed E-state index contributed by atoms with van der Waals surface area (Å²) in [5.41, 5.74) is 1.47. The molecule has 0 bridgehead atoms. The summed E-state index contributed by atoms with van der Waals surface area (Å²) in [5, 5.41) is 2.91. The highest BCUT2D eigenvalue weighted by atomic mass is 79.9. The fraction of sp³-hybridized carbons (Fsp3) is 0.381. The topological polar surface area (TPSA) is 75.7 Å². The summed E-state index contributed by atoms with van der Waals surface area (Å²) in [5.74, 6) is 0.471. The average molecular weight is 481 g/mol. The number of rotatable bonds is 7. The fourth-order valence-corrected chi connectivity index (χ4v) is 5.15. The molecule has 6 nitrogen and oxygen atoms in total. The number of hydrogen-bond acceptors (Lipinski definition) is 4. The quantitative estimate of drug-likeness (QED) is 0.648. The van der Waals surface area contributed by atoms with Gasteiger partial charge in [-0.3, -0.25) is 4.79 Å². The van der Waals surface area contributed by atoms with Gasteiger partial charge in [-0.1, -0.05) is 28.1 Å². The SMILES string of the molecule is CCOc1ccc(NC(=O)C2CCN(S(=O)(=O)Cc3ccc(Br)cc3)CC2)cc1. The van der Waals surface area contributed by atoms with Gasteiger partial charge in [0.1, 0.15) is 5.75 Å². The van der Waals surface area contributed by atoms with Crippen molar-refractivity contribution in [3.05, 3.63) is 58.6 Å². The summed E-state index contributed by atoms with van der Waals surface area (Å²) in [6, 6.07) is 14.5. The Hall–Kier alpha value is -1.90. The molecule has 8 heteroatoms. The molecule has 29 heavy (non-hydrogen) atoms. The van der Waals surface area contributed by atoms with Crippen molar-refractivity contribution < 1.29 is 17.9 Å². The Bertz CT molecular complexity index is 922. The number of anilines is 1. The van der Waals surface area contributed by atoms with Crippen molar-refractivity contribution in [1.29, 1.82) is 0 Å². The van der Waals surface area contributed by atoms with E-state index in [1.165, 1.54) is 4.31 Å². The third kappa shape index (κ3) is 6.04. The first-order chi connectivity index (χ1) is 13.9. The predicted octanol–water partition coefficient (Wildman–Crippen LogP) is 4.03. The number of carbonyl (C=O) groups excluding carboxylic acids is 1. The number of nitrogens with one attached hydrogen (secondary N) is 1. The fourth-order valence-electron chi connectivity index (χ4n) is 3.32. The first kappa shape index (κ1) is 21.8. The van der Waals surface area contributed by atoms with Crippen molar-refractivity contribution in [3.63, 3.8) is 0 Å². The largest absolute Gasteiger partial charge is 0.494 e. The Morgan fingerprint density at radius 2 is 1.72 bits per heavy atom. The van der Waals surface area contributed by atoms with E-state index >= 15 is 0 Å². The number of sulfonamides is 1. The van der Waals surface area contributed by atoms with Gasteiger partial charge in [-0.25, -0.2) is 12.7 Å². The number of halogens is 1. The van der Waals surface area contributed by atoms with Crippen LogP contribution in [0.2, 0.25) is 0 Å². The van der Waals surface area contributed by atoms with Gasteiger partial charge >= 0.3 is 0 Å². The molecule has 0 aliphatic carbocycles. The number of nitrogens with zero attached hydrogens (tertiary/aromatic N) is 1. The van der Waals surface area contributed by atoms with Crippen LogP contribution >= 0.6 is 15.9 Å². The molecule has 0 radical (unpaired) electrons. The van der Waals surface area contributed by atoms with Crippen LogP contribution in [0.3, 0.4) is 0 Å². The minimum Gasteiger partial charge on any atom is -0.494 e. The standard InChI is InChI=1S/C21H25BrN2O4S/c1-2-28-20-9-7-19(8-10-20)23-21(25)17-11-13-24(14-12-17)29(26,27)15-16-3-5-18(22)6-4-16/h3-10,17H,2,11-15H2,1H3,(H,23,25). The summed E-state index contributed by atoms with van der Waals surface area (Å²) in [6.45, 7) is 3.23. The second-order valence-corrected chi connectivity index (χ2v) is 9.89. The number of amides is 1. The lowest BCUT2D eigenvalue weighted by molar-refractivity contribution is -0.120. The smallest absolute Gasteiger partial charge is 0.227 e. The second kappa shape index (κ2) is 9.73. The Kier molecular flexibility index (Phi) is 7.32. The van der Waals surface area contributed by atoms with Crippen molar-refractivity contribution in [3.8, 4) is 5.75 Å². The van der Waals surface area contributed by atoms with Crippen LogP contribution in [0.25, 0.3) is 0 Å². The Balaban J connectivity index is 1.52. The van der Waals surface area contributed by atoms with E-state index in [2.05, 4.69) is 21.2 Å². The summed E-state index contributed by atoms with van der Waals surface area (Å²) >= 11 is 3.35. The third-order valence-electron chi connectivity index (χ3n) is 4.91. The number of ether oxygens (including phenoxy) is 1. The van der Waals surface area contributed by atoms with Gasteiger partial charge in [-0.15, -0.1) is 0 Å². The normalized spacial score (nSPS) is 15.8. The zero-order chi connectivity index (χ0) is 20.9. The van der Waals surface area contributed by atoms with Crippen LogP contribution in [0.1, 0.15) is 25.3 Å². The van der Waals surface area contributed by atoms with E-state index in [1.807, 2.05) is 31.2 Å². The van der Waals surface area contributed by atoms with Crippen molar-refractivity contribution in [1.82, 2.24) is 4.31 Å². The molecular weight excluding hydrogens is 456 g/mol. The highest BCUT2D eigenvalue weighted by molar-refractivity contribution is 9.10. The lowest BCUT2D eigenvalue weighted by atomic mass is 9.97. The van der Waals surface area contributed by atoms with E-state index in [-0.39, 0.29) is 17.6 Å². The minimum atomic E-state index is -3.40. The van der Waals surface area contributed by atoms with Gasteiger partial charge in [0.05, 0.1) is 12.4 Å². The van der Waals surface area contributed by atoms with E-state index < -0.39 is 10.0 Å². The van der Waals surface area contributed by atoms with E-state index in [0.29, 0.717) is 38.2 Å². The first-order valence-electron chi connectivity index (χ1n) is 9.63. The van der Waals surface area contributed by atoms with Crippen LogP contribution < -0.4 is 10.1 Å². The van der Waals surface area contributed by atoms with Crippen LogP contribution in [0.4, 0.5) is 5.69 Å². The maximum atomic E-state index is 12.7. The van der Waals surface area contributed by atoms with Crippen LogP contribution in [0.15, 0.2) is 53.0 Å². The zero-order valence-electron chi connectivity index (χ0n) is 16.3. The molecule has 1 fully saturated rings. The maximum absolute atomic E-state index is 12.7. The predicted molar refractivity (Wildman–Crippen MR) is 117 cm³/mol. The van der Waals surface area contributed by atoms with Crippen LogP contribution in [-0.4, -0.2) is 38.3 Å². The third-order valence-corrected chi connectivity index (χ3v) is 7.29. The number of piperidine rings is 1. The summed E-state index contributed by atoms with van der Waals surface area (Å²) in [6.07, 6.45) is 1.03. The second-order valence-electron chi connectivity index (χ2n) is 7.00. The molecule has 1 N–H and O–H groups in total. The number of carbonyl (C=O) groups is 1. The van der Waals surface area contributed by atoms with Gasteiger partial charge in [0.2, 0.25) is 15.9 Å². The minimum absolute atomic E-state index is 0.0245. The molecule has 3 rings (SSSR count). The van der Waals surface area contributed by atoms with E-state index in [9.17, 15) is 13.2 Å². The highest BCUT2D eigenvalue weighted by Crippen LogP contribution is 2.24. The van der Waals surface area contributed by atoms with Gasteiger partial charge in [0, 0.05) is 29.2 Å². The molecule has 1 heterocycles. The molecule has 0 spiro atoms. The lowest BCUT2D eigenvalue weighted by Crippen LogP contribution is -2.41. The molecule has 1 amide bonds. The Labute approximate surface area is 180 Å². The summed E-state index contributed by atoms with van der Waals surface area (Å²) < 4.78 is 33.2. The molecule has 156 valence electrons. The molecule has 0 saturated carbocycles. The number of hydrogen-bond donors (Lipinski definition) is 1. The van der Waals surface area contributed by atoms with Crippen LogP contribution in [0, 0.1) is 5.92 Å². The van der Waals surface area contributed by atoms with Crippen LogP contribution in [-0.2, 0) is 20.6 Å². The van der Waals surface area contributed by atoms with Gasteiger partial charge in [0.25, 0.3) is 0 Å². The van der Waals surface area contributed by atoms with Gasteiger partial charge in [-0.05, 0) is 61.7 Å². The molecule has 0 aromatic heterocycles. The van der Waals surface area contributed by atoms with Gasteiger partial charge in [0.15, 0.2) is 0 Å². The molecule has 0 unspecified atom stereocenters. The molecule has 1 aliphatic rings. The molecular formula is C21H25BrN2O4S. The molecule has 2 aromatic rings. The number of benzene rings is 2. The van der Waals surface area contributed by atoms with Crippen LogP contribution in [0.5, 0.6) is 5.75 Å². The van der Waals surface area contributed by atoms with Crippen molar-refractivity contribution in [2.24, 2.45) is 5.92 Å². The molecule has 0 atom stereocenters. The van der Waals surface area contributed by atoms with Crippen molar-refractivity contribution >= 4 is 37.5 Å². The lowest BCUT2D eigenvalue weighted by Gasteiger charge is -2.30. The zero-order valence-corrected chi connectivity index (χ0v) is 18.7. The summed E-state index contributed by atoms with van der Waals surface area (Å²) in [4.78, 5) is 12.5. The monoisotopic (exact) mass is 480 g/mol. The maximum Gasteiger partial charge on any atom is 0.227 e.